The van der Waals surface area contributed by atoms with Crippen LogP contribution in [-0.2, 0) is 16.9 Å². The number of nitrogens with one attached hydrogen (secondary N) is 1. The van der Waals surface area contributed by atoms with Crippen molar-refractivity contribution in [3.63, 3.8) is 0 Å². The molecule has 2 aromatic rings. The molecule has 0 spiro atoms. The van der Waals surface area contributed by atoms with E-state index >= 15 is 0 Å². The maximum absolute atomic E-state index is 14.1. The summed E-state index contributed by atoms with van der Waals surface area (Å²) in [4.78, 5) is 26.4. The highest BCUT2D eigenvalue weighted by Crippen LogP contribution is 2.32. The predicted molar refractivity (Wildman–Crippen MR) is 98.3 cm³/mol. The van der Waals surface area contributed by atoms with Crippen LogP contribution >= 0.6 is 15.9 Å². The smallest absolute Gasteiger partial charge is 0.325 e. The van der Waals surface area contributed by atoms with E-state index in [-0.39, 0.29) is 12.1 Å². The number of methoxy groups -OCH3 is 1. The van der Waals surface area contributed by atoms with Gasteiger partial charge in [-0.3, -0.25) is 9.69 Å². The van der Waals surface area contributed by atoms with E-state index in [1.54, 1.807) is 44.4 Å². The van der Waals surface area contributed by atoms with Crippen molar-refractivity contribution in [1.82, 2.24) is 10.2 Å². The summed E-state index contributed by atoms with van der Waals surface area (Å²) < 4.78 is 19.9. The highest BCUT2D eigenvalue weighted by Gasteiger charge is 2.49. The van der Waals surface area contributed by atoms with Crippen molar-refractivity contribution in [2.45, 2.75) is 25.9 Å². The summed E-state index contributed by atoms with van der Waals surface area (Å²) in [5.74, 6) is -0.203. The van der Waals surface area contributed by atoms with Crippen LogP contribution < -0.4 is 10.1 Å². The van der Waals surface area contributed by atoms with Gasteiger partial charge in [-0.05, 0) is 49.2 Å². The Labute approximate surface area is 159 Å². The summed E-state index contributed by atoms with van der Waals surface area (Å²) in [5, 5.41) is 2.73. The molecule has 1 atom stereocenters. The minimum absolute atomic E-state index is 0.130. The minimum Gasteiger partial charge on any atom is -0.496 e. The highest BCUT2D eigenvalue weighted by molar-refractivity contribution is 9.10. The van der Waals surface area contributed by atoms with Crippen LogP contribution in [0.15, 0.2) is 40.9 Å². The van der Waals surface area contributed by atoms with Gasteiger partial charge < -0.3 is 10.1 Å². The Morgan fingerprint density at radius 1 is 1.23 bits per heavy atom. The topological polar surface area (TPSA) is 58.6 Å². The Bertz CT molecular complexity index is 902. The monoisotopic (exact) mass is 420 g/mol. The summed E-state index contributed by atoms with van der Waals surface area (Å²) in [6.45, 7) is 3.38. The van der Waals surface area contributed by atoms with Gasteiger partial charge in [-0.1, -0.05) is 28.1 Å². The second-order valence-corrected chi connectivity index (χ2v) is 7.28. The van der Waals surface area contributed by atoms with Gasteiger partial charge in [0.2, 0.25) is 0 Å². The molecular weight excluding hydrogens is 403 g/mol. The van der Waals surface area contributed by atoms with Gasteiger partial charge in [0.25, 0.3) is 5.91 Å². The number of nitrogens with zero attached hydrogens (tertiary/aromatic N) is 1. The van der Waals surface area contributed by atoms with Gasteiger partial charge in [0.1, 0.15) is 17.1 Å². The van der Waals surface area contributed by atoms with Crippen LogP contribution in [0.3, 0.4) is 0 Å². The van der Waals surface area contributed by atoms with Crippen LogP contribution in [-0.4, -0.2) is 23.9 Å². The normalized spacial score (nSPS) is 19.7. The van der Waals surface area contributed by atoms with Gasteiger partial charge in [0.05, 0.1) is 13.7 Å². The summed E-state index contributed by atoms with van der Waals surface area (Å²) in [6, 6.07) is 9.28. The van der Waals surface area contributed by atoms with E-state index in [4.69, 9.17) is 4.74 Å². The van der Waals surface area contributed by atoms with Gasteiger partial charge in [-0.2, -0.15) is 0 Å². The van der Waals surface area contributed by atoms with Crippen LogP contribution in [0.5, 0.6) is 5.75 Å². The fraction of sp³-hybridized carbons (Fsp3) is 0.263. The third-order valence-corrected chi connectivity index (χ3v) is 5.08. The Balaban J connectivity index is 1.91. The number of carbonyl (C=O) groups is 2. The summed E-state index contributed by atoms with van der Waals surface area (Å²) >= 11 is 3.19. The number of carbonyl (C=O) groups excluding carboxylic acids is 2. The van der Waals surface area contributed by atoms with E-state index in [2.05, 4.69) is 21.2 Å². The number of hydrogen-bond acceptors (Lipinski definition) is 3. The van der Waals surface area contributed by atoms with Crippen LogP contribution in [0, 0.1) is 12.7 Å². The standard InChI is InChI=1S/C19H18BrFN2O3/c1-11-8-13(5-7-16(11)26-3)19(2)17(24)23(18(25)22-19)10-12-4-6-14(20)9-15(12)21/h4-9H,10H2,1-3H3,(H,22,25). The molecule has 7 heteroatoms. The number of aryl methyl sites for hydroxylation is 1. The van der Waals surface area contributed by atoms with Gasteiger partial charge >= 0.3 is 6.03 Å². The van der Waals surface area contributed by atoms with Crippen molar-refractivity contribution in [1.29, 1.82) is 0 Å². The maximum atomic E-state index is 14.1. The number of benzene rings is 2. The Kier molecular flexibility index (Phi) is 4.75. The zero-order chi connectivity index (χ0) is 19.1. The van der Waals surface area contributed by atoms with E-state index in [0.29, 0.717) is 15.8 Å². The van der Waals surface area contributed by atoms with Gasteiger partial charge in [-0.25, -0.2) is 9.18 Å². The molecule has 1 aliphatic rings. The van der Waals surface area contributed by atoms with E-state index < -0.39 is 23.3 Å². The minimum atomic E-state index is -1.21. The molecule has 1 heterocycles. The Morgan fingerprint density at radius 2 is 1.96 bits per heavy atom. The molecule has 0 bridgehead atoms. The lowest BCUT2D eigenvalue weighted by atomic mass is 9.90. The second-order valence-electron chi connectivity index (χ2n) is 6.37. The molecule has 2 aromatic carbocycles. The quantitative estimate of drug-likeness (QED) is 0.763. The molecule has 1 saturated heterocycles. The zero-order valence-corrected chi connectivity index (χ0v) is 16.2. The van der Waals surface area contributed by atoms with Gasteiger partial charge in [0, 0.05) is 10.0 Å². The molecule has 26 heavy (non-hydrogen) atoms. The summed E-state index contributed by atoms with van der Waals surface area (Å²) in [5.41, 5.74) is 0.561. The van der Waals surface area contributed by atoms with Crippen LogP contribution in [0.4, 0.5) is 9.18 Å². The Hall–Kier alpha value is -2.41. The summed E-state index contributed by atoms with van der Waals surface area (Å²) in [6.07, 6.45) is 0. The molecule has 3 rings (SSSR count). The van der Waals surface area contributed by atoms with E-state index in [1.165, 1.54) is 6.07 Å². The number of imide groups is 1. The molecule has 1 unspecified atom stereocenters. The molecule has 136 valence electrons. The molecule has 0 radical (unpaired) electrons. The third kappa shape index (κ3) is 3.07. The number of ether oxygens (including phenoxy) is 1. The first-order valence-electron chi connectivity index (χ1n) is 7.99. The molecule has 1 fully saturated rings. The first-order chi connectivity index (χ1) is 12.3. The molecule has 3 amide bonds. The van der Waals surface area contributed by atoms with Crippen molar-refractivity contribution in [2.24, 2.45) is 0 Å². The van der Waals surface area contributed by atoms with Crippen molar-refractivity contribution in [2.75, 3.05) is 7.11 Å². The number of amides is 3. The zero-order valence-electron chi connectivity index (χ0n) is 14.6. The lowest BCUT2D eigenvalue weighted by Gasteiger charge is -2.23. The van der Waals surface area contributed by atoms with E-state index in [0.717, 1.165) is 10.5 Å². The highest BCUT2D eigenvalue weighted by atomic mass is 79.9. The lowest BCUT2D eigenvalue weighted by Crippen LogP contribution is -2.40. The first-order valence-corrected chi connectivity index (χ1v) is 8.78. The second kappa shape index (κ2) is 6.72. The first kappa shape index (κ1) is 18.4. The molecular formula is C19H18BrFN2O3. The number of hydrogen-bond donors (Lipinski definition) is 1. The molecule has 0 saturated carbocycles. The van der Waals surface area contributed by atoms with Crippen LogP contribution in [0.25, 0.3) is 0 Å². The third-order valence-electron chi connectivity index (χ3n) is 4.59. The lowest BCUT2D eigenvalue weighted by molar-refractivity contribution is -0.131. The number of halogens is 2. The van der Waals surface area contributed by atoms with Gasteiger partial charge in [0.15, 0.2) is 0 Å². The fourth-order valence-electron chi connectivity index (χ4n) is 3.05. The average Bonchev–Trinajstić information content (AvgIpc) is 2.81. The average molecular weight is 421 g/mol. The van der Waals surface area contributed by atoms with Gasteiger partial charge in [-0.15, -0.1) is 0 Å². The van der Waals surface area contributed by atoms with Crippen molar-refractivity contribution < 1.29 is 18.7 Å². The Morgan fingerprint density at radius 3 is 2.58 bits per heavy atom. The van der Waals surface area contributed by atoms with Crippen molar-refractivity contribution in [3.05, 3.63) is 63.4 Å². The predicted octanol–water partition coefficient (Wildman–Crippen LogP) is 3.87. The number of urea groups is 1. The SMILES string of the molecule is COc1ccc(C2(C)NC(=O)N(Cc3ccc(Br)cc3F)C2=O)cc1C. The van der Waals surface area contributed by atoms with Crippen molar-refractivity contribution >= 4 is 27.9 Å². The molecule has 1 aliphatic heterocycles. The maximum Gasteiger partial charge on any atom is 0.325 e. The fourth-order valence-corrected chi connectivity index (χ4v) is 3.38. The van der Waals surface area contributed by atoms with Crippen LogP contribution in [0.2, 0.25) is 0 Å². The molecule has 5 nitrogen and oxygen atoms in total. The van der Waals surface area contributed by atoms with Crippen molar-refractivity contribution in [3.8, 4) is 5.75 Å². The number of rotatable bonds is 4. The largest absolute Gasteiger partial charge is 0.496 e. The molecule has 1 N–H and O–H groups in total. The van der Waals surface area contributed by atoms with E-state index in [9.17, 15) is 14.0 Å². The van der Waals surface area contributed by atoms with Crippen LogP contribution in [0.1, 0.15) is 23.6 Å². The molecule has 0 aliphatic carbocycles. The van der Waals surface area contributed by atoms with E-state index in [1.807, 2.05) is 6.92 Å². The molecule has 0 aromatic heterocycles. The summed E-state index contributed by atoms with van der Waals surface area (Å²) in [7, 11) is 1.57.